The highest BCUT2D eigenvalue weighted by Crippen LogP contribution is 2.38. The second kappa shape index (κ2) is 10.3. The summed E-state index contributed by atoms with van der Waals surface area (Å²) >= 11 is 0. The molecule has 2 amide bonds. The van der Waals surface area contributed by atoms with Crippen molar-refractivity contribution in [3.63, 3.8) is 0 Å². The first kappa shape index (κ1) is 24.8. The predicted molar refractivity (Wildman–Crippen MR) is 112 cm³/mol. The molecule has 32 heavy (non-hydrogen) atoms. The third-order valence-electron chi connectivity index (χ3n) is 4.64. The molecule has 0 aliphatic carbocycles. The Kier molecular flexibility index (Phi) is 7.96. The molecule has 1 atom stereocenters. The SMILES string of the molecule is COc1cc(C(=O)N[C@@H](C(=O)Nc2ccc(C(F)(F)F)cc2)C(C)C)cc(OC)c1OC. The summed E-state index contributed by atoms with van der Waals surface area (Å²) < 4.78 is 53.9. The van der Waals surface area contributed by atoms with Crippen LogP contribution in [0, 0.1) is 5.92 Å². The Morgan fingerprint density at radius 2 is 1.44 bits per heavy atom. The number of alkyl halides is 3. The number of benzene rings is 2. The van der Waals surface area contributed by atoms with Gasteiger partial charge in [0.2, 0.25) is 11.7 Å². The van der Waals surface area contributed by atoms with Gasteiger partial charge < -0.3 is 24.8 Å². The highest BCUT2D eigenvalue weighted by molar-refractivity contribution is 6.01. The maximum Gasteiger partial charge on any atom is 0.416 e. The van der Waals surface area contributed by atoms with Crippen molar-refractivity contribution in [1.29, 1.82) is 0 Å². The number of carbonyl (C=O) groups excluding carboxylic acids is 2. The highest BCUT2D eigenvalue weighted by Gasteiger charge is 2.30. The molecule has 2 N–H and O–H groups in total. The highest BCUT2D eigenvalue weighted by atomic mass is 19.4. The fraction of sp³-hybridized carbons (Fsp3) is 0.364. The van der Waals surface area contributed by atoms with Crippen molar-refractivity contribution in [3.05, 3.63) is 47.5 Å². The summed E-state index contributed by atoms with van der Waals surface area (Å²) in [5, 5.41) is 5.18. The lowest BCUT2D eigenvalue weighted by Gasteiger charge is -2.22. The summed E-state index contributed by atoms with van der Waals surface area (Å²) in [6.07, 6.45) is -4.47. The van der Waals surface area contributed by atoms with Crippen molar-refractivity contribution >= 4 is 17.5 Å². The van der Waals surface area contributed by atoms with E-state index in [0.29, 0.717) is 5.75 Å². The average Bonchev–Trinajstić information content (AvgIpc) is 2.75. The van der Waals surface area contributed by atoms with E-state index in [1.54, 1.807) is 13.8 Å². The van der Waals surface area contributed by atoms with Gasteiger partial charge in [-0.3, -0.25) is 9.59 Å². The van der Waals surface area contributed by atoms with E-state index in [4.69, 9.17) is 14.2 Å². The van der Waals surface area contributed by atoms with Gasteiger partial charge in [0.15, 0.2) is 11.5 Å². The Labute approximate surface area is 183 Å². The van der Waals surface area contributed by atoms with Crippen LogP contribution >= 0.6 is 0 Å². The molecule has 174 valence electrons. The van der Waals surface area contributed by atoms with Gasteiger partial charge in [0.25, 0.3) is 5.91 Å². The Bertz CT molecular complexity index is 934. The summed E-state index contributed by atoms with van der Waals surface area (Å²) in [7, 11) is 4.25. The smallest absolute Gasteiger partial charge is 0.416 e. The molecule has 0 saturated heterocycles. The molecule has 0 fully saturated rings. The lowest BCUT2D eigenvalue weighted by molar-refractivity contribution is -0.137. The van der Waals surface area contributed by atoms with E-state index in [1.165, 1.54) is 33.5 Å². The maximum absolute atomic E-state index is 12.8. The molecule has 2 aromatic carbocycles. The zero-order chi connectivity index (χ0) is 24.1. The molecule has 0 saturated carbocycles. The maximum atomic E-state index is 12.8. The molecular weight excluding hydrogens is 429 g/mol. The molecule has 0 spiro atoms. The molecule has 7 nitrogen and oxygen atoms in total. The van der Waals surface area contributed by atoms with Gasteiger partial charge >= 0.3 is 6.18 Å². The van der Waals surface area contributed by atoms with Gasteiger partial charge in [-0.05, 0) is 42.3 Å². The van der Waals surface area contributed by atoms with Crippen molar-refractivity contribution in [1.82, 2.24) is 5.32 Å². The van der Waals surface area contributed by atoms with Crippen LogP contribution in [0.25, 0.3) is 0 Å². The molecule has 0 bridgehead atoms. The first-order chi connectivity index (χ1) is 15.0. The number of anilines is 1. The molecule has 0 aromatic heterocycles. The first-order valence-corrected chi connectivity index (χ1v) is 9.60. The standard InChI is InChI=1S/C22H25F3N2O5/c1-12(2)18(21(29)26-15-8-6-14(7-9-15)22(23,24)25)27-20(28)13-10-16(30-3)19(32-5)17(11-13)31-4/h6-12,18H,1-5H3,(H,26,29)(H,27,28)/t18-/m1/s1. The van der Waals surface area contributed by atoms with E-state index >= 15 is 0 Å². The van der Waals surface area contributed by atoms with Gasteiger partial charge in [-0.15, -0.1) is 0 Å². The van der Waals surface area contributed by atoms with Gasteiger partial charge in [0.05, 0.1) is 26.9 Å². The van der Waals surface area contributed by atoms with Crippen molar-refractivity contribution in [3.8, 4) is 17.2 Å². The quantitative estimate of drug-likeness (QED) is 0.627. The fourth-order valence-corrected chi connectivity index (χ4v) is 2.93. The zero-order valence-electron chi connectivity index (χ0n) is 18.3. The number of nitrogens with one attached hydrogen (secondary N) is 2. The van der Waals surface area contributed by atoms with Crippen LogP contribution in [0.4, 0.5) is 18.9 Å². The van der Waals surface area contributed by atoms with Gasteiger partial charge in [-0.2, -0.15) is 13.2 Å². The summed E-state index contributed by atoms with van der Waals surface area (Å²) in [5.41, 5.74) is -0.477. The van der Waals surface area contributed by atoms with Gasteiger partial charge in [-0.1, -0.05) is 13.8 Å². The molecule has 0 radical (unpaired) electrons. The van der Waals surface area contributed by atoms with Crippen molar-refractivity contribution in [2.24, 2.45) is 5.92 Å². The van der Waals surface area contributed by atoms with Crippen LogP contribution < -0.4 is 24.8 Å². The number of halogens is 3. The lowest BCUT2D eigenvalue weighted by Crippen LogP contribution is -2.47. The van der Waals surface area contributed by atoms with Crippen molar-refractivity contribution in [2.75, 3.05) is 26.6 Å². The number of ether oxygens (including phenoxy) is 3. The van der Waals surface area contributed by atoms with Crippen LogP contribution in [-0.4, -0.2) is 39.2 Å². The van der Waals surface area contributed by atoms with E-state index in [1.807, 2.05) is 0 Å². The summed E-state index contributed by atoms with van der Waals surface area (Å²) in [5.74, 6) is -0.590. The Morgan fingerprint density at radius 1 is 0.906 bits per heavy atom. The molecule has 0 aliphatic rings. The molecule has 0 unspecified atom stereocenters. The number of methoxy groups -OCH3 is 3. The number of amides is 2. The molecule has 0 aliphatic heterocycles. The molecule has 2 rings (SSSR count). The largest absolute Gasteiger partial charge is 0.493 e. The van der Waals surface area contributed by atoms with Crippen molar-refractivity contribution < 1.29 is 37.0 Å². The van der Waals surface area contributed by atoms with E-state index in [9.17, 15) is 22.8 Å². The number of carbonyl (C=O) groups is 2. The first-order valence-electron chi connectivity index (χ1n) is 9.60. The molecule has 0 heterocycles. The second-order valence-corrected chi connectivity index (χ2v) is 7.17. The van der Waals surface area contributed by atoms with E-state index in [2.05, 4.69) is 10.6 Å². The average molecular weight is 454 g/mol. The van der Waals surface area contributed by atoms with Crippen LogP contribution in [0.3, 0.4) is 0 Å². The van der Waals surface area contributed by atoms with E-state index in [-0.39, 0.29) is 28.7 Å². The van der Waals surface area contributed by atoms with Crippen LogP contribution in [0.5, 0.6) is 17.2 Å². The number of hydrogen-bond donors (Lipinski definition) is 2. The molecule has 10 heteroatoms. The van der Waals surface area contributed by atoms with Crippen LogP contribution in [-0.2, 0) is 11.0 Å². The third kappa shape index (κ3) is 5.83. The Morgan fingerprint density at radius 3 is 1.84 bits per heavy atom. The lowest BCUT2D eigenvalue weighted by atomic mass is 10.0. The van der Waals surface area contributed by atoms with Crippen LogP contribution in [0.1, 0.15) is 29.8 Å². The monoisotopic (exact) mass is 454 g/mol. The summed E-state index contributed by atoms with van der Waals surface area (Å²) in [4.78, 5) is 25.6. The minimum absolute atomic E-state index is 0.174. The van der Waals surface area contributed by atoms with Crippen molar-refractivity contribution in [2.45, 2.75) is 26.1 Å². The topological polar surface area (TPSA) is 85.9 Å². The Balaban J connectivity index is 2.21. The van der Waals surface area contributed by atoms with Crippen LogP contribution in [0.15, 0.2) is 36.4 Å². The zero-order valence-corrected chi connectivity index (χ0v) is 18.3. The van der Waals surface area contributed by atoms with E-state index < -0.39 is 29.6 Å². The minimum Gasteiger partial charge on any atom is -0.493 e. The van der Waals surface area contributed by atoms with E-state index in [0.717, 1.165) is 24.3 Å². The van der Waals surface area contributed by atoms with Gasteiger partial charge in [-0.25, -0.2) is 0 Å². The molecule has 2 aromatic rings. The van der Waals surface area contributed by atoms with Gasteiger partial charge in [0.1, 0.15) is 6.04 Å². The Hall–Kier alpha value is -3.43. The number of hydrogen-bond acceptors (Lipinski definition) is 5. The third-order valence-corrected chi connectivity index (χ3v) is 4.64. The summed E-state index contributed by atoms with van der Waals surface area (Å²) in [6.45, 7) is 3.46. The normalized spacial score (nSPS) is 12.2. The second-order valence-electron chi connectivity index (χ2n) is 7.17. The molecular formula is C22H25F3N2O5. The van der Waals surface area contributed by atoms with Crippen LogP contribution in [0.2, 0.25) is 0 Å². The van der Waals surface area contributed by atoms with Gasteiger partial charge in [0, 0.05) is 11.3 Å². The fourth-order valence-electron chi connectivity index (χ4n) is 2.93. The predicted octanol–water partition coefficient (Wildman–Crippen LogP) is 4.12. The number of rotatable bonds is 8. The summed E-state index contributed by atoms with van der Waals surface area (Å²) in [6, 6.07) is 5.98. The minimum atomic E-state index is -4.47.